The molecule has 0 saturated carbocycles. The van der Waals surface area contributed by atoms with Crippen molar-refractivity contribution in [3.8, 4) is 0 Å². The van der Waals surface area contributed by atoms with E-state index in [4.69, 9.17) is 17.3 Å². The summed E-state index contributed by atoms with van der Waals surface area (Å²) in [7, 11) is 0. The van der Waals surface area contributed by atoms with Crippen LogP contribution in [-0.2, 0) is 16.0 Å². The molecular weight excluding hydrogens is 254 g/mol. The van der Waals surface area contributed by atoms with Gasteiger partial charge in [-0.05, 0) is 24.1 Å². The fourth-order valence-electron chi connectivity index (χ4n) is 1.31. The molecule has 0 atom stereocenters. The molecule has 5 nitrogen and oxygen atoms in total. The first-order chi connectivity index (χ1) is 8.61. The number of amides is 2. The Morgan fingerprint density at radius 3 is 2.39 bits per heavy atom. The maximum Gasteiger partial charge on any atom is 0.239 e. The number of nitrogens with two attached hydrogens (primary N) is 1. The van der Waals surface area contributed by atoms with Crippen LogP contribution >= 0.6 is 11.6 Å². The van der Waals surface area contributed by atoms with E-state index in [9.17, 15) is 9.59 Å². The first kappa shape index (κ1) is 14.5. The Kier molecular flexibility index (Phi) is 6.18. The van der Waals surface area contributed by atoms with Crippen LogP contribution in [0.25, 0.3) is 0 Å². The topological polar surface area (TPSA) is 84.2 Å². The highest BCUT2D eigenvalue weighted by atomic mass is 35.5. The summed E-state index contributed by atoms with van der Waals surface area (Å²) in [6.45, 7) is 0.355. The number of nitrogens with one attached hydrogen (secondary N) is 2. The Hall–Kier alpha value is -1.59. The Labute approximate surface area is 111 Å². The molecule has 98 valence electrons. The lowest BCUT2D eigenvalue weighted by Gasteiger charge is -2.06. The third-order valence-electron chi connectivity index (χ3n) is 2.28. The van der Waals surface area contributed by atoms with E-state index < -0.39 is 0 Å². The number of carbonyl (C=O) groups is 2. The predicted octanol–water partition coefficient (Wildman–Crippen LogP) is 0.0736. The third kappa shape index (κ3) is 5.65. The van der Waals surface area contributed by atoms with Crippen LogP contribution in [0.15, 0.2) is 24.3 Å². The predicted molar refractivity (Wildman–Crippen MR) is 70.2 cm³/mol. The summed E-state index contributed by atoms with van der Waals surface area (Å²) in [5, 5.41) is 5.78. The lowest BCUT2D eigenvalue weighted by molar-refractivity contribution is -0.125. The van der Waals surface area contributed by atoms with Gasteiger partial charge in [0.15, 0.2) is 0 Å². The number of benzene rings is 1. The van der Waals surface area contributed by atoms with Gasteiger partial charge in [-0.3, -0.25) is 9.59 Å². The first-order valence-electron chi connectivity index (χ1n) is 5.59. The summed E-state index contributed by atoms with van der Waals surface area (Å²) in [5.74, 6) is -0.575. The van der Waals surface area contributed by atoms with Crippen molar-refractivity contribution in [1.82, 2.24) is 10.6 Å². The SMILES string of the molecule is NCC(=O)NCC(=O)NCCc1ccc(Cl)cc1. The summed E-state index contributed by atoms with van der Waals surface area (Å²) < 4.78 is 0. The van der Waals surface area contributed by atoms with E-state index in [0.29, 0.717) is 18.0 Å². The average Bonchev–Trinajstić information content (AvgIpc) is 2.38. The molecule has 0 aliphatic rings. The van der Waals surface area contributed by atoms with Crippen molar-refractivity contribution in [3.05, 3.63) is 34.9 Å². The highest BCUT2D eigenvalue weighted by molar-refractivity contribution is 6.30. The minimum atomic E-state index is -0.345. The lowest BCUT2D eigenvalue weighted by atomic mass is 10.1. The molecular formula is C12H16ClN3O2. The van der Waals surface area contributed by atoms with E-state index in [2.05, 4.69) is 10.6 Å². The number of hydrogen-bond donors (Lipinski definition) is 3. The Bertz CT molecular complexity index is 406. The molecule has 0 aromatic heterocycles. The van der Waals surface area contributed by atoms with Gasteiger partial charge in [0, 0.05) is 11.6 Å². The smallest absolute Gasteiger partial charge is 0.239 e. The molecule has 0 fully saturated rings. The van der Waals surface area contributed by atoms with Gasteiger partial charge in [-0.15, -0.1) is 0 Å². The summed E-state index contributed by atoms with van der Waals surface area (Å²) in [5.41, 5.74) is 6.18. The van der Waals surface area contributed by atoms with E-state index in [-0.39, 0.29) is 24.9 Å². The highest BCUT2D eigenvalue weighted by Crippen LogP contribution is 2.09. The lowest BCUT2D eigenvalue weighted by Crippen LogP contribution is -2.40. The molecule has 4 N–H and O–H groups in total. The summed E-state index contributed by atoms with van der Waals surface area (Å²) in [4.78, 5) is 22.1. The van der Waals surface area contributed by atoms with Crippen LogP contribution in [0.3, 0.4) is 0 Å². The van der Waals surface area contributed by atoms with Crippen LogP contribution in [0.4, 0.5) is 0 Å². The molecule has 0 aliphatic carbocycles. The van der Waals surface area contributed by atoms with Gasteiger partial charge in [0.1, 0.15) is 0 Å². The van der Waals surface area contributed by atoms with E-state index >= 15 is 0 Å². The van der Waals surface area contributed by atoms with E-state index in [1.807, 2.05) is 12.1 Å². The zero-order chi connectivity index (χ0) is 13.4. The van der Waals surface area contributed by atoms with E-state index in [0.717, 1.165) is 5.56 Å². The van der Waals surface area contributed by atoms with Crippen molar-refractivity contribution < 1.29 is 9.59 Å². The number of carbonyl (C=O) groups excluding carboxylic acids is 2. The fraction of sp³-hybridized carbons (Fsp3) is 0.333. The highest BCUT2D eigenvalue weighted by Gasteiger charge is 2.03. The first-order valence-corrected chi connectivity index (χ1v) is 5.97. The summed E-state index contributed by atoms with van der Waals surface area (Å²) >= 11 is 5.76. The van der Waals surface area contributed by atoms with Crippen LogP contribution in [0.5, 0.6) is 0 Å². The molecule has 2 amide bonds. The molecule has 0 saturated heterocycles. The van der Waals surface area contributed by atoms with Crippen LogP contribution in [0.1, 0.15) is 5.56 Å². The summed E-state index contributed by atoms with van der Waals surface area (Å²) in [6, 6.07) is 7.43. The Morgan fingerprint density at radius 2 is 1.78 bits per heavy atom. The molecule has 1 rings (SSSR count). The second kappa shape index (κ2) is 7.68. The van der Waals surface area contributed by atoms with Gasteiger partial charge < -0.3 is 16.4 Å². The molecule has 0 bridgehead atoms. The second-order valence-electron chi connectivity index (χ2n) is 3.71. The zero-order valence-corrected chi connectivity index (χ0v) is 10.7. The quantitative estimate of drug-likeness (QED) is 0.683. The van der Waals surface area contributed by atoms with Crippen molar-refractivity contribution in [3.63, 3.8) is 0 Å². The van der Waals surface area contributed by atoms with Gasteiger partial charge >= 0.3 is 0 Å². The number of rotatable bonds is 6. The van der Waals surface area contributed by atoms with Crippen molar-refractivity contribution >= 4 is 23.4 Å². The van der Waals surface area contributed by atoms with Gasteiger partial charge in [0.05, 0.1) is 13.1 Å². The minimum absolute atomic E-state index is 0.0450. The minimum Gasteiger partial charge on any atom is -0.354 e. The van der Waals surface area contributed by atoms with E-state index in [1.54, 1.807) is 12.1 Å². The van der Waals surface area contributed by atoms with E-state index in [1.165, 1.54) is 0 Å². The maximum atomic E-state index is 11.3. The van der Waals surface area contributed by atoms with Gasteiger partial charge in [-0.25, -0.2) is 0 Å². The van der Waals surface area contributed by atoms with Crippen LogP contribution < -0.4 is 16.4 Å². The molecule has 0 aliphatic heterocycles. The second-order valence-corrected chi connectivity index (χ2v) is 4.14. The molecule has 1 aromatic rings. The van der Waals surface area contributed by atoms with Crippen LogP contribution in [-0.4, -0.2) is 31.4 Å². The zero-order valence-electron chi connectivity index (χ0n) is 9.91. The third-order valence-corrected chi connectivity index (χ3v) is 2.53. The normalized spacial score (nSPS) is 9.89. The molecule has 0 radical (unpaired) electrons. The number of hydrogen-bond acceptors (Lipinski definition) is 3. The fourth-order valence-corrected chi connectivity index (χ4v) is 1.44. The van der Waals surface area contributed by atoms with Crippen molar-refractivity contribution in [2.75, 3.05) is 19.6 Å². The van der Waals surface area contributed by atoms with Crippen molar-refractivity contribution in [1.29, 1.82) is 0 Å². The van der Waals surface area contributed by atoms with Gasteiger partial charge in [0.2, 0.25) is 11.8 Å². The molecule has 0 heterocycles. The molecule has 6 heteroatoms. The van der Waals surface area contributed by atoms with Crippen LogP contribution in [0, 0.1) is 0 Å². The molecule has 1 aromatic carbocycles. The standard InChI is InChI=1S/C12H16ClN3O2/c13-10-3-1-9(2-4-10)5-6-15-12(18)8-16-11(17)7-14/h1-4H,5-8,14H2,(H,15,18)(H,16,17). The van der Waals surface area contributed by atoms with Crippen molar-refractivity contribution in [2.24, 2.45) is 5.73 Å². The van der Waals surface area contributed by atoms with Crippen molar-refractivity contribution in [2.45, 2.75) is 6.42 Å². The Morgan fingerprint density at radius 1 is 1.11 bits per heavy atom. The largest absolute Gasteiger partial charge is 0.354 e. The van der Waals surface area contributed by atoms with Gasteiger partial charge in [0.25, 0.3) is 0 Å². The monoisotopic (exact) mass is 269 g/mol. The van der Waals surface area contributed by atoms with Gasteiger partial charge in [-0.1, -0.05) is 23.7 Å². The molecule has 18 heavy (non-hydrogen) atoms. The number of halogens is 1. The molecule has 0 spiro atoms. The summed E-state index contributed by atoms with van der Waals surface area (Å²) in [6.07, 6.45) is 0.716. The van der Waals surface area contributed by atoms with Gasteiger partial charge in [-0.2, -0.15) is 0 Å². The maximum absolute atomic E-state index is 11.3. The Balaban J connectivity index is 2.19. The van der Waals surface area contributed by atoms with Crippen LogP contribution in [0.2, 0.25) is 5.02 Å². The molecule has 0 unspecified atom stereocenters. The average molecular weight is 270 g/mol.